The van der Waals surface area contributed by atoms with Gasteiger partial charge in [-0.2, -0.15) is 0 Å². The van der Waals surface area contributed by atoms with Crippen LogP contribution in [0.3, 0.4) is 0 Å². The molecule has 1 fully saturated rings. The third-order valence-electron chi connectivity index (χ3n) is 2.69. The van der Waals surface area contributed by atoms with Crippen LogP contribution < -0.4 is 10.6 Å². The predicted octanol–water partition coefficient (Wildman–Crippen LogP) is 1.49. The number of pyridine rings is 1. The van der Waals surface area contributed by atoms with Crippen molar-refractivity contribution in [2.24, 2.45) is 5.92 Å². The fourth-order valence-corrected chi connectivity index (χ4v) is 1.83. The second kappa shape index (κ2) is 4.96. The van der Waals surface area contributed by atoms with Crippen LogP contribution in [0.1, 0.15) is 12.8 Å². The number of nitrogens with one attached hydrogen (secondary N) is 2. The molecule has 0 saturated carbocycles. The quantitative estimate of drug-likeness (QED) is 0.757. The molecule has 0 radical (unpaired) electrons. The molecule has 3 nitrogen and oxygen atoms in total. The highest BCUT2D eigenvalue weighted by Gasteiger charge is 2.13. The molecule has 3 heteroatoms. The Morgan fingerprint density at radius 2 is 2.50 bits per heavy atom. The molecule has 1 unspecified atom stereocenters. The number of rotatable bonds is 4. The van der Waals surface area contributed by atoms with Gasteiger partial charge in [-0.25, -0.2) is 4.98 Å². The van der Waals surface area contributed by atoms with E-state index in [1.165, 1.54) is 25.9 Å². The van der Waals surface area contributed by atoms with Gasteiger partial charge in [-0.15, -0.1) is 0 Å². The molecule has 0 amide bonds. The molecule has 1 saturated heterocycles. The summed E-state index contributed by atoms with van der Waals surface area (Å²) in [5.74, 6) is 1.84. The highest BCUT2D eigenvalue weighted by atomic mass is 15.0. The van der Waals surface area contributed by atoms with Gasteiger partial charge in [0.25, 0.3) is 0 Å². The molecule has 2 N–H and O–H groups in total. The van der Waals surface area contributed by atoms with Crippen LogP contribution in [0, 0.1) is 5.92 Å². The molecule has 0 bridgehead atoms. The van der Waals surface area contributed by atoms with Crippen LogP contribution in [0.15, 0.2) is 24.4 Å². The molecule has 76 valence electrons. The first kappa shape index (κ1) is 9.46. The maximum atomic E-state index is 4.22. The summed E-state index contributed by atoms with van der Waals surface area (Å²) in [6.07, 6.45) is 4.38. The average Bonchev–Trinajstić information content (AvgIpc) is 2.72. The van der Waals surface area contributed by atoms with Gasteiger partial charge >= 0.3 is 0 Å². The molecule has 0 aromatic carbocycles. The van der Waals surface area contributed by atoms with Crippen molar-refractivity contribution in [2.75, 3.05) is 25.0 Å². The monoisotopic (exact) mass is 191 g/mol. The van der Waals surface area contributed by atoms with Crippen LogP contribution >= 0.6 is 0 Å². The smallest absolute Gasteiger partial charge is 0.125 e. The Morgan fingerprint density at radius 3 is 3.21 bits per heavy atom. The molecule has 1 atom stereocenters. The van der Waals surface area contributed by atoms with E-state index in [1.54, 1.807) is 0 Å². The second-order valence-corrected chi connectivity index (χ2v) is 3.79. The lowest BCUT2D eigenvalue weighted by molar-refractivity contribution is 0.549. The van der Waals surface area contributed by atoms with E-state index in [1.807, 2.05) is 24.4 Å². The molecule has 2 rings (SSSR count). The molecule has 2 heterocycles. The lowest BCUT2D eigenvalue weighted by atomic mass is 10.1. The van der Waals surface area contributed by atoms with Crippen LogP contribution in [0.4, 0.5) is 5.82 Å². The van der Waals surface area contributed by atoms with Gasteiger partial charge in [-0.1, -0.05) is 6.07 Å². The summed E-state index contributed by atoms with van der Waals surface area (Å²) >= 11 is 0. The maximum Gasteiger partial charge on any atom is 0.125 e. The summed E-state index contributed by atoms with van der Waals surface area (Å²) < 4.78 is 0. The first-order valence-corrected chi connectivity index (χ1v) is 5.31. The van der Waals surface area contributed by atoms with E-state index in [-0.39, 0.29) is 0 Å². The third kappa shape index (κ3) is 2.70. The van der Waals surface area contributed by atoms with Crippen LogP contribution in [0.25, 0.3) is 0 Å². The topological polar surface area (TPSA) is 37.0 Å². The Kier molecular flexibility index (Phi) is 3.35. The van der Waals surface area contributed by atoms with Crippen molar-refractivity contribution in [1.82, 2.24) is 10.3 Å². The van der Waals surface area contributed by atoms with Crippen molar-refractivity contribution >= 4 is 5.82 Å². The Hall–Kier alpha value is -1.09. The van der Waals surface area contributed by atoms with Crippen molar-refractivity contribution in [1.29, 1.82) is 0 Å². The molecule has 1 aromatic rings. The summed E-state index contributed by atoms with van der Waals surface area (Å²) in [6, 6.07) is 5.95. The third-order valence-corrected chi connectivity index (χ3v) is 2.69. The van der Waals surface area contributed by atoms with E-state index in [9.17, 15) is 0 Å². The Bertz CT molecular complexity index is 254. The molecular formula is C11H17N3. The summed E-state index contributed by atoms with van der Waals surface area (Å²) in [5.41, 5.74) is 0. The Labute approximate surface area is 84.9 Å². The lowest BCUT2D eigenvalue weighted by Gasteiger charge is -2.09. The Balaban J connectivity index is 1.67. The fourth-order valence-electron chi connectivity index (χ4n) is 1.83. The second-order valence-electron chi connectivity index (χ2n) is 3.79. The Morgan fingerprint density at radius 1 is 1.50 bits per heavy atom. The van der Waals surface area contributed by atoms with Crippen molar-refractivity contribution in [3.05, 3.63) is 24.4 Å². The van der Waals surface area contributed by atoms with Gasteiger partial charge in [0.2, 0.25) is 0 Å². The summed E-state index contributed by atoms with van der Waals surface area (Å²) in [7, 11) is 0. The fraction of sp³-hybridized carbons (Fsp3) is 0.545. The van der Waals surface area contributed by atoms with Gasteiger partial charge in [0.15, 0.2) is 0 Å². The van der Waals surface area contributed by atoms with Crippen molar-refractivity contribution in [2.45, 2.75) is 12.8 Å². The van der Waals surface area contributed by atoms with Crippen LogP contribution in [0.2, 0.25) is 0 Å². The van der Waals surface area contributed by atoms with E-state index in [2.05, 4.69) is 15.6 Å². The van der Waals surface area contributed by atoms with Crippen LogP contribution in [-0.2, 0) is 0 Å². The van der Waals surface area contributed by atoms with Gasteiger partial charge in [0.1, 0.15) is 5.82 Å². The molecule has 1 aliphatic rings. The van der Waals surface area contributed by atoms with Gasteiger partial charge in [-0.3, -0.25) is 0 Å². The number of nitrogens with zero attached hydrogens (tertiary/aromatic N) is 1. The van der Waals surface area contributed by atoms with Gasteiger partial charge in [0.05, 0.1) is 0 Å². The summed E-state index contributed by atoms with van der Waals surface area (Å²) in [5, 5.41) is 6.71. The van der Waals surface area contributed by atoms with Gasteiger partial charge in [0, 0.05) is 12.7 Å². The first-order valence-electron chi connectivity index (χ1n) is 5.31. The summed E-state index contributed by atoms with van der Waals surface area (Å²) in [6.45, 7) is 3.40. The lowest BCUT2D eigenvalue weighted by Crippen LogP contribution is -2.13. The largest absolute Gasteiger partial charge is 0.370 e. The maximum absolute atomic E-state index is 4.22. The van der Waals surface area contributed by atoms with Gasteiger partial charge in [-0.05, 0) is 44.0 Å². The van der Waals surface area contributed by atoms with Crippen LogP contribution in [0.5, 0.6) is 0 Å². The number of aromatic nitrogens is 1. The zero-order chi connectivity index (χ0) is 9.64. The van der Waals surface area contributed by atoms with Crippen molar-refractivity contribution < 1.29 is 0 Å². The first-order chi connectivity index (χ1) is 6.95. The van der Waals surface area contributed by atoms with Gasteiger partial charge < -0.3 is 10.6 Å². The normalized spacial score (nSPS) is 21.0. The molecule has 1 aromatic heterocycles. The molecule has 1 aliphatic heterocycles. The van der Waals surface area contributed by atoms with Crippen molar-refractivity contribution in [3.63, 3.8) is 0 Å². The minimum atomic E-state index is 0.853. The van der Waals surface area contributed by atoms with E-state index < -0.39 is 0 Å². The van der Waals surface area contributed by atoms with Crippen LogP contribution in [-0.4, -0.2) is 24.6 Å². The molecular weight excluding hydrogens is 174 g/mol. The minimum absolute atomic E-state index is 0.853. The SMILES string of the molecule is c1ccc(NCCC2CCNC2)nc1. The molecule has 0 aliphatic carbocycles. The molecule has 14 heavy (non-hydrogen) atoms. The number of hydrogen-bond acceptors (Lipinski definition) is 3. The number of anilines is 1. The highest BCUT2D eigenvalue weighted by molar-refractivity contribution is 5.32. The highest BCUT2D eigenvalue weighted by Crippen LogP contribution is 2.12. The van der Waals surface area contributed by atoms with E-state index in [4.69, 9.17) is 0 Å². The standard InChI is InChI=1S/C11H17N3/c1-2-6-13-11(3-1)14-8-5-10-4-7-12-9-10/h1-3,6,10,12H,4-5,7-9H2,(H,13,14). The van der Waals surface area contributed by atoms with E-state index in [0.29, 0.717) is 0 Å². The zero-order valence-electron chi connectivity index (χ0n) is 8.37. The zero-order valence-corrected chi connectivity index (χ0v) is 8.37. The molecule has 0 spiro atoms. The average molecular weight is 191 g/mol. The summed E-state index contributed by atoms with van der Waals surface area (Å²) in [4.78, 5) is 4.22. The number of hydrogen-bond donors (Lipinski definition) is 2. The predicted molar refractivity (Wildman–Crippen MR) is 58.3 cm³/mol. The van der Waals surface area contributed by atoms with E-state index >= 15 is 0 Å². The van der Waals surface area contributed by atoms with Crippen molar-refractivity contribution in [3.8, 4) is 0 Å². The van der Waals surface area contributed by atoms with E-state index in [0.717, 1.165) is 18.3 Å². The minimum Gasteiger partial charge on any atom is -0.370 e.